The van der Waals surface area contributed by atoms with Gasteiger partial charge in [-0.1, -0.05) is 30.3 Å². The van der Waals surface area contributed by atoms with Crippen LogP contribution in [0.1, 0.15) is 0 Å². The summed E-state index contributed by atoms with van der Waals surface area (Å²) in [5, 5.41) is 0. The molecule has 16 heavy (non-hydrogen) atoms. The summed E-state index contributed by atoms with van der Waals surface area (Å²) in [5.74, 6) is 0. The molecule has 0 radical (unpaired) electrons. The molecule has 0 amide bonds. The van der Waals surface area contributed by atoms with E-state index in [2.05, 4.69) is 14.7 Å². The standard InChI is InChI=1S/C11H8F2N2O/c12-10(13)16-11-14-7-6-9(15-11)8-4-2-1-3-5-8/h1-7,10H. The molecule has 0 saturated carbocycles. The second-order valence-electron chi connectivity index (χ2n) is 2.97. The van der Waals surface area contributed by atoms with Crippen molar-refractivity contribution in [2.24, 2.45) is 0 Å². The highest BCUT2D eigenvalue weighted by atomic mass is 19.3. The Bertz CT molecular complexity index is 463. The first-order chi connectivity index (χ1) is 7.75. The second kappa shape index (κ2) is 4.65. The lowest BCUT2D eigenvalue weighted by Gasteiger charge is -2.04. The van der Waals surface area contributed by atoms with Crippen molar-refractivity contribution in [3.63, 3.8) is 0 Å². The molecule has 0 saturated heterocycles. The second-order valence-corrected chi connectivity index (χ2v) is 2.97. The van der Waals surface area contributed by atoms with Crippen molar-refractivity contribution in [3.05, 3.63) is 42.6 Å². The van der Waals surface area contributed by atoms with Crippen molar-refractivity contribution in [3.8, 4) is 17.3 Å². The Morgan fingerprint density at radius 1 is 1.06 bits per heavy atom. The molecule has 0 spiro atoms. The number of hydrogen-bond acceptors (Lipinski definition) is 3. The lowest BCUT2D eigenvalue weighted by atomic mass is 10.1. The van der Waals surface area contributed by atoms with Gasteiger partial charge in [0, 0.05) is 11.8 Å². The van der Waals surface area contributed by atoms with E-state index in [1.807, 2.05) is 30.3 Å². The average molecular weight is 222 g/mol. The van der Waals surface area contributed by atoms with E-state index >= 15 is 0 Å². The fourth-order valence-electron chi connectivity index (χ4n) is 1.25. The zero-order chi connectivity index (χ0) is 11.4. The summed E-state index contributed by atoms with van der Waals surface area (Å²) < 4.78 is 28.0. The van der Waals surface area contributed by atoms with E-state index < -0.39 is 6.61 Å². The van der Waals surface area contributed by atoms with Crippen molar-refractivity contribution in [1.29, 1.82) is 0 Å². The molecule has 3 nitrogen and oxygen atoms in total. The molecule has 1 heterocycles. The van der Waals surface area contributed by atoms with E-state index in [0.29, 0.717) is 5.69 Å². The zero-order valence-electron chi connectivity index (χ0n) is 8.18. The largest absolute Gasteiger partial charge is 0.401 e. The zero-order valence-corrected chi connectivity index (χ0v) is 8.18. The van der Waals surface area contributed by atoms with Crippen molar-refractivity contribution < 1.29 is 13.5 Å². The number of halogens is 2. The lowest BCUT2D eigenvalue weighted by molar-refractivity contribution is -0.0560. The Morgan fingerprint density at radius 3 is 2.50 bits per heavy atom. The Morgan fingerprint density at radius 2 is 1.81 bits per heavy atom. The van der Waals surface area contributed by atoms with Gasteiger partial charge in [-0.05, 0) is 6.07 Å². The first-order valence-electron chi connectivity index (χ1n) is 4.59. The van der Waals surface area contributed by atoms with E-state index in [1.165, 1.54) is 6.20 Å². The predicted molar refractivity (Wildman–Crippen MR) is 54.1 cm³/mol. The van der Waals surface area contributed by atoms with Crippen LogP contribution in [0.3, 0.4) is 0 Å². The number of hydrogen-bond donors (Lipinski definition) is 0. The van der Waals surface area contributed by atoms with Crippen LogP contribution in [0.5, 0.6) is 6.01 Å². The van der Waals surface area contributed by atoms with Gasteiger partial charge in [0.15, 0.2) is 0 Å². The van der Waals surface area contributed by atoms with E-state index in [1.54, 1.807) is 6.07 Å². The van der Waals surface area contributed by atoms with Crippen LogP contribution in [0.2, 0.25) is 0 Å². The predicted octanol–water partition coefficient (Wildman–Crippen LogP) is 2.75. The molecule has 0 aliphatic carbocycles. The van der Waals surface area contributed by atoms with Gasteiger partial charge in [0.1, 0.15) is 0 Å². The summed E-state index contributed by atoms with van der Waals surface area (Å²) in [6.07, 6.45) is 1.38. The fourth-order valence-corrected chi connectivity index (χ4v) is 1.25. The normalized spacial score (nSPS) is 10.4. The van der Waals surface area contributed by atoms with Gasteiger partial charge in [0.05, 0.1) is 5.69 Å². The molecular formula is C11H8F2N2O. The fraction of sp³-hybridized carbons (Fsp3) is 0.0909. The van der Waals surface area contributed by atoms with E-state index in [4.69, 9.17) is 0 Å². The van der Waals surface area contributed by atoms with Crippen molar-refractivity contribution >= 4 is 0 Å². The van der Waals surface area contributed by atoms with Crippen molar-refractivity contribution in [2.75, 3.05) is 0 Å². The van der Waals surface area contributed by atoms with Crippen LogP contribution in [0, 0.1) is 0 Å². The highest BCUT2D eigenvalue weighted by Gasteiger charge is 2.08. The van der Waals surface area contributed by atoms with Crippen LogP contribution in [0.4, 0.5) is 8.78 Å². The third kappa shape index (κ3) is 2.50. The van der Waals surface area contributed by atoms with E-state index in [-0.39, 0.29) is 6.01 Å². The van der Waals surface area contributed by atoms with E-state index in [9.17, 15) is 8.78 Å². The molecule has 1 aromatic heterocycles. The molecular weight excluding hydrogens is 214 g/mol. The van der Waals surface area contributed by atoms with Crippen LogP contribution in [-0.2, 0) is 0 Å². The average Bonchev–Trinajstić information content (AvgIpc) is 2.30. The monoisotopic (exact) mass is 222 g/mol. The maximum absolute atomic E-state index is 12.0. The van der Waals surface area contributed by atoms with Crippen molar-refractivity contribution in [1.82, 2.24) is 9.97 Å². The first kappa shape index (κ1) is 10.5. The molecule has 2 aromatic rings. The van der Waals surface area contributed by atoms with Crippen LogP contribution in [0.15, 0.2) is 42.6 Å². The van der Waals surface area contributed by atoms with E-state index in [0.717, 1.165) is 5.56 Å². The summed E-state index contributed by atoms with van der Waals surface area (Å²) in [4.78, 5) is 7.46. The van der Waals surface area contributed by atoms with Gasteiger partial charge in [-0.15, -0.1) is 0 Å². The summed E-state index contributed by atoms with van der Waals surface area (Å²) in [7, 11) is 0. The van der Waals surface area contributed by atoms with Crippen LogP contribution in [-0.4, -0.2) is 16.6 Å². The van der Waals surface area contributed by atoms with Gasteiger partial charge in [0.2, 0.25) is 0 Å². The van der Waals surface area contributed by atoms with Gasteiger partial charge in [-0.3, -0.25) is 0 Å². The Labute approximate surface area is 90.7 Å². The Kier molecular flexibility index (Phi) is 3.05. The molecule has 0 aliphatic heterocycles. The van der Waals surface area contributed by atoms with Crippen molar-refractivity contribution in [2.45, 2.75) is 6.61 Å². The van der Waals surface area contributed by atoms with Crippen LogP contribution < -0.4 is 4.74 Å². The number of rotatable bonds is 3. The number of benzene rings is 1. The molecule has 1 aromatic carbocycles. The number of ether oxygens (including phenoxy) is 1. The molecule has 0 bridgehead atoms. The molecule has 82 valence electrons. The highest BCUT2D eigenvalue weighted by Crippen LogP contribution is 2.18. The SMILES string of the molecule is FC(F)Oc1nccc(-c2ccccc2)n1. The number of aromatic nitrogens is 2. The minimum absolute atomic E-state index is 0.323. The van der Waals surface area contributed by atoms with Gasteiger partial charge >= 0.3 is 12.6 Å². The maximum Gasteiger partial charge on any atom is 0.389 e. The molecule has 5 heteroatoms. The topological polar surface area (TPSA) is 35.0 Å². The molecule has 0 N–H and O–H groups in total. The van der Waals surface area contributed by atoms with Gasteiger partial charge < -0.3 is 4.74 Å². The number of alkyl halides is 2. The maximum atomic E-state index is 12.0. The minimum Gasteiger partial charge on any atom is -0.401 e. The Balaban J connectivity index is 2.29. The molecule has 2 rings (SSSR count). The summed E-state index contributed by atoms with van der Waals surface area (Å²) in [6.45, 7) is -2.91. The van der Waals surface area contributed by atoms with Gasteiger partial charge in [-0.2, -0.15) is 13.8 Å². The quantitative estimate of drug-likeness (QED) is 0.800. The smallest absolute Gasteiger partial charge is 0.389 e. The summed E-state index contributed by atoms with van der Waals surface area (Å²) >= 11 is 0. The van der Waals surface area contributed by atoms with Gasteiger partial charge in [-0.25, -0.2) is 4.98 Å². The minimum atomic E-state index is -2.91. The third-order valence-corrected chi connectivity index (χ3v) is 1.90. The molecule has 0 atom stereocenters. The third-order valence-electron chi connectivity index (χ3n) is 1.90. The molecule has 0 unspecified atom stereocenters. The molecule has 0 fully saturated rings. The van der Waals surface area contributed by atoms with Crippen LogP contribution >= 0.6 is 0 Å². The highest BCUT2D eigenvalue weighted by molar-refractivity contribution is 5.58. The summed E-state index contributed by atoms with van der Waals surface area (Å²) in [5.41, 5.74) is 1.37. The number of nitrogens with zero attached hydrogens (tertiary/aromatic N) is 2. The first-order valence-corrected chi connectivity index (χ1v) is 4.59. The Hall–Kier alpha value is -2.04. The van der Waals surface area contributed by atoms with Crippen LogP contribution in [0.25, 0.3) is 11.3 Å². The molecule has 0 aliphatic rings. The van der Waals surface area contributed by atoms with Gasteiger partial charge in [0.25, 0.3) is 0 Å². The summed E-state index contributed by atoms with van der Waals surface area (Å²) in [6, 6.07) is 10.5. The lowest BCUT2D eigenvalue weighted by Crippen LogP contribution is -2.05.